The van der Waals surface area contributed by atoms with Crippen molar-refractivity contribution in [1.29, 1.82) is 0 Å². The lowest BCUT2D eigenvalue weighted by molar-refractivity contribution is 0.673. The van der Waals surface area contributed by atoms with Crippen LogP contribution in [0, 0.1) is 0 Å². The van der Waals surface area contributed by atoms with Crippen LogP contribution in [0.1, 0.15) is 0 Å². The highest BCUT2D eigenvalue weighted by Gasteiger charge is 2.23. The largest absolute Gasteiger partial charge is 0.455 e. The van der Waals surface area contributed by atoms with Crippen molar-refractivity contribution in [3.05, 3.63) is 182 Å². The molecule has 8 aromatic carbocycles. The van der Waals surface area contributed by atoms with E-state index in [1.807, 2.05) is 72.0 Å². The first-order valence-corrected chi connectivity index (χ1v) is 19.1. The number of hydrogen-bond acceptors (Lipinski definition) is 6. The average molecular weight is 723 g/mol. The molecule has 6 heteroatoms. The molecule has 5 nitrogen and oxygen atoms in total. The fourth-order valence-corrected chi connectivity index (χ4v) is 8.89. The second-order valence-corrected chi connectivity index (χ2v) is 14.7. The molecule has 11 aromatic rings. The quantitative estimate of drug-likeness (QED) is 0.171. The van der Waals surface area contributed by atoms with Gasteiger partial charge in [-0.05, 0) is 48.5 Å². The fraction of sp³-hybridized carbons (Fsp3) is 0. The number of para-hydroxylation sites is 1. The van der Waals surface area contributed by atoms with Gasteiger partial charge in [-0.15, -0.1) is 11.3 Å². The van der Waals surface area contributed by atoms with Gasteiger partial charge in [0.15, 0.2) is 17.5 Å². The number of anilines is 3. The molecule has 0 saturated carbocycles. The first-order chi connectivity index (χ1) is 27.3. The van der Waals surface area contributed by atoms with Crippen molar-refractivity contribution in [2.45, 2.75) is 0 Å². The van der Waals surface area contributed by atoms with E-state index in [9.17, 15) is 0 Å². The highest BCUT2D eigenvalue weighted by Crippen LogP contribution is 2.48. The summed E-state index contributed by atoms with van der Waals surface area (Å²) < 4.78 is 9.37. The van der Waals surface area contributed by atoms with E-state index in [4.69, 9.17) is 19.4 Å². The van der Waals surface area contributed by atoms with Crippen molar-refractivity contribution in [2.24, 2.45) is 0 Å². The van der Waals surface area contributed by atoms with Crippen LogP contribution in [0.3, 0.4) is 0 Å². The molecular formula is C49H30N4OS. The SMILES string of the molecule is c1ccc(-c2nc(-c3ccccc3)nc(-c3ccc4c(c3)oc3c5ccccc5c(N(c5ccccc5)c5cccc6sc7ccccc7c56)cc43)n2)cc1. The van der Waals surface area contributed by atoms with Crippen molar-refractivity contribution in [3.63, 3.8) is 0 Å². The van der Waals surface area contributed by atoms with E-state index in [0.29, 0.717) is 17.5 Å². The molecule has 3 heterocycles. The molecule has 0 unspecified atom stereocenters. The number of fused-ring (bicyclic) bond motifs is 8. The smallest absolute Gasteiger partial charge is 0.164 e. The molecular weight excluding hydrogens is 693 g/mol. The number of aromatic nitrogens is 3. The van der Waals surface area contributed by atoms with Crippen molar-refractivity contribution in [3.8, 4) is 34.2 Å². The summed E-state index contributed by atoms with van der Waals surface area (Å²) >= 11 is 1.84. The molecule has 0 amide bonds. The summed E-state index contributed by atoms with van der Waals surface area (Å²) in [6.45, 7) is 0. The van der Waals surface area contributed by atoms with E-state index < -0.39 is 0 Å². The lowest BCUT2D eigenvalue weighted by Gasteiger charge is -2.28. The molecule has 0 saturated heterocycles. The Kier molecular flexibility index (Phi) is 7.28. The maximum Gasteiger partial charge on any atom is 0.164 e. The Hall–Kier alpha value is -7.15. The van der Waals surface area contributed by atoms with Gasteiger partial charge in [-0.3, -0.25) is 0 Å². The Bertz CT molecular complexity index is 3150. The van der Waals surface area contributed by atoms with Crippen LogP contribution < -0.4 is 4.90 Å². The number of furan rings is 1. The zero-order valence-electron chi connectivity index (χ0n) is 29.4. The average Bonchev–Trinajstić information content (AvgIpc) is 3.83. The lowest BCUT2D eigenvalue weighted by atomic mass is 10.0. The molecule has 11 rings (SSSR count). The molecule has 0 fully saturated rings. The first-order valence-electron chi connectivity index (χ1n) is 18.3. The van der Waals surface area contributed by atoms with Gasteiger partial charge in [-0.1, -0.05) is 133 Å². The van der Waals surface area contributed by atoms with Crippen molar-refractivity contribution >= 4 is 81.3 Å². The van der Waals surface area contributed by atoms with Gasteiger partial charge in [-0.25, -0.2) is 15.0 Å². The maximum absolute atomic E-state index is 6.83. The van der Waals surface area contributed by atoms with Gasteiger partial charge >= 0.3 is 0 Å². The third kappa shape index (κ3) is 5.26. The molecule has 3 aromatic heterocycles. The van der Waals surface area contributed by atoms with E-state index in [1.165, 1.54) is 20.2 Å². The van der Waals surface area contributed by atoms with Crippen LogP contribution in [-0.2, 0) is 0 Å². The number of rotatable bonds is 6. The summed E-state index contributed by atoms with van der Waals surface area (Å²) in [5.41, 5.74) is 7.65. The molecule has 0 aliphatic heterocycles. The van der Waals surface area contributed by atoms with Crippen LogP contribution in [0.4, 0.5) is 17.1 Å². The van der Waals surface area contributed by atoms with E-state index >= 15 is 0 Å². The van der Waals surface area contributed by atoms with Crippen LogP contribution in [0.2, 0.25) is 0 Å². The van der Waals surface area contributed by atoms with Gasteiger partial charge in [0.1, 0.15) is 11.2 Å². The van der Waals surface area contributed by atoms with E-state index in [2.05, 4.69) is 126 Å². The van der Waals surface area contributed by atoms with E-state index in [0.717, 1.165) is 66.5 Å². The Morgan fingerprint density at radius 1 is 0.400 bits per heavy atom. The van der Waals surface area contributed by atoms with Crippen LogP contribution in [0.5, 0.6) is 0 Å². The predicted octanol–water partition coefficient (Wildman–Crippen LogP) is 13.8. The Morgan fingerprint density at radius 3 is 1.69 bits per heavy atom. The number of nitrogens with zero attached hydrogens (tertiary/aromatic N) is 4. The van der Waals surface area contributed by atoms with Gasteiger partial charge in [0.25, 0.3) is 0 Å². The van der Waals surface area contributed by atoms with Crippen LogP contribution in [0.25, 0.3) is 87.0 Å². The van der Waals surface area contributed by atoms with Crippen molar-refractivity contribution < 1.29 is 4.42 Å². The molecule has 0 N–H and O–H groups in total. The van der Waals surface area contributed by atoms with Gasteiger partial charge in [0, 0.05) is 64.1 Å². The number of benzene rings is 8. The van der Waals surface area contributed by atoms with E-state index in [-0.39, 0.29) is 0 Å². The van der Waals surface area contributed by atoms with Crippen LogP contribution in [0.15, 0.2) is 186 Å². The van der Waals surface area contributed by atoms with Gasteiger partial charge in [-0.2, -0.15) is 0 Å². The summed E-state index contributed by atoms with van der Waals surface area (Å²) in [7, 11) is 0. The predicted molar refractivity (Wildman–Crippen MR) is 228 cm³/mol. The highest BCUT2D eigenvalue weighted by molar-refractivity contribution is 7.26. The first kappa shape index (κ1) is 31.4. The van der Waals surface area contributed by atoms with Crippen molar-refractivity contribution in [2.75, 3.05) is 4.90 Å². The minimum atomic E-state index is 0.590. The minimum absolute atomic E-state index is 0.590. The minimum Gasteiger partial charge on any atom is -0.455 e. The number of hydrogen-bond donors (Lipinski definition) is 0. The standard InChI is InChI=1S/C49H30N4OS/c1-4-15-31(16-5-1)47-50-48(32-17-6-2-7-18-32)52-49(51-47)33-27-28-36-39-30-41(35-21-10-11-22-37(35)46(39)54-42(36)29-33)53(34-19-8-3-9-20-34)40-24-14-26-44-45(40)38-23-12-13-25-43(38)55-44/h1-30H. The Labute approximate surface area is 320 Å². The van der Waals surface area contributed by atoms with Gasteiger partial charge in [0.05, 0.1) is 11.4 Å². The summed E-state index contributed by atoms with van der Waals surface area (Å²) in [6.07, 6.45) is 0. The fourth-order valence-electron chi connectivity index (χ4n) is 7.77. The summed E-state index contributed by atoms with van der Waals surface area (Å²) in [4.78, 5) is 17.3. The van der Waals surface area contributed by atoms with Gasteiger partial charge < -0.3 is 9.32 Å². The molecule has 0 radical (unpaired) electrons. The summed E-state index contributed by atoms with van der Waals surface area (Å²) in [5, 5.41) is 6.73. The topological polar surface area (TPSA) is 55.1 Å². The Balaban J connectivity index is 1.14. The molecule has 0 bridgehead atoms. The molecule has 0 atom stereocenters. The zero-order valence-corrected chi connectivity index (χ0v) is 30.2. The second-order valence-electron chi connectivity index (χ2n) is 13.6. The monoisotopic (exact) mass is 722 g/mol. The number of thiophene rings is 1. The van der Waals surface area contributed by atoms with E-state index in [1.54, 1.807) is 0 Å². The summed E-state index contributed by atoms with van der Waals surface area (Å²) in [5.74, 6) is 1.84. The highest BCUT2D eigenvalue weighted by atomic mass is 32.1. The van der Waals surface area contributed by atoms with Gasteiger partial charge in [0.2, 0.25) is 0 Å². The molecule has 55 heavy (non-hydrogen) atoms. The zero-order chi connectivity index (χ0) is 36.3. The molecule has 0 aliphatic carbocycles. The normalized spacial score (nSPS) is 11.6. The van der Waals surface area contributed by atoms with Crippen LogP contribution >= 0.6 is 11.3 Å². The third-order valence-corrected chi connectivity index (χ3v) is 11.4. The summed E-state index contributed by atoms with van der Waals surface area (Å²) in [6, 6.07) is 63.3. The van der Waals surface area contributed by atoms with Crippen molar-refractivity contribution in [1.82, 2.24) is 15.0 Å². The third-order valence-electron chi connectivity index (χ3n) is 10.3. The maximum atomic E-state index is 6.83. The van der Waals surface area contributed by atoms with Crippen LogP contribution in [-0.4, -0.2) is 15.0 Å². The second kappa shape index (κ2) is 12.8. The molecule has 0 spiro atoms. The molecule has 258 valence electrons. The Morgan fingerprint density at radius 2 is 0.982 bits per heavy atom. The molecule has 0 aliphatic rings. The lowest BCUT2D eigenvalue weighted by Crippen LogP contribution is -2.10.